The molecule has 7 heteroatoms. The second-order valence-electron chi connectivity index (χ2n) is 5.33. The van der Waals surface area contributed by atoms with Gasteiger partial charge in [-0.3, -0.25) is 4.79 Å². The Kier molecular flexibility index (Phi) is 5.22. The quantitative estimate of drug-likeness (QED) is 0.890. The zero-order chi connectivity index (χ0) is 16.8. The molecule has 0 unspecified atom stereocenters. The van der Waals surface area contributed by atoms with E-state index in [9.17, 15) is 4.79 Å². The van der Waals surface area contributed by atoms with Gasteiger partial charge in [0.1, 0.15) is 5.75 Å². The van der Waals surface area contributed by atoms with Crippen molar-refractivity contribution in [1.82, 2.24) is 15.3 Å². The van der Waals surface area contributed by atoms with Gasteiger partial charge in [-0.1, -0.05) is 12.1 Å². The van der Waals surface area contributed by atoms with E-state index >= 15 is 0 Å². The third-order valence-corrected chi connectivity index (χ3v) is 3.78. The van der Waals surface area contributed by atoms with Crippen LogP contribution in [-0.2, 0) is 11.3 Å². The van der Waals surface area contributed by atoms with Gasteiger partial charge in [0.25, 0.3) is 5.91 Å². The maximum atomic E-state index is 12.3. The van der Waals surface area contributed by atoms with Crippen molar-refractivity contribution in [2.45, 2.75) is 6.54 Å². The molecule has 0 bridgehead atoms. The number of aromatic nitrogens is 2. The van der Waals surface area contributed by atoms with Crippen LogP contribution in [0.15, 0.2) is 36.5 Å². The van der Waals surface area contributed by atoms with Gasteiger partial charge in [-0.25, -0.2) is 9.97 Å². The Hall–Kier alpha value is -2.67. The summed E-state index contributed by atoms with van der Waals surface area (Å²) in [5.74, 6) is 1.02. The SMILES string of the molecule is COc1ccccc1C(=O)NCc1ccnc(N2CCOCC2)n1. The van der Waals surface area contributed by atoms with E-state index in [1.54, 1.807) is 37.6 Å². The summed E-state index contributed by atoms with van der Waals surface area (Å²) >= 11 is 0. The highest BCUT2D eigenvalue weighted by Gasteiger charge is 2.15. The third-order valence-electron chi connectivity index (χ3n) is 3.78. The molecule has 0 radical (unpaired) electrons. The van der Waals surface area contributed by atoms with Crippen LogP contribution in [-0.4, -0.2) is 49.3 Å². The first kappa shape index (κ1) is 16.2. The number of morpholine rings is 1. The van der Waals surface area contributed by atoms with Crippen LogP contribution in [0.5, 0.6) is 5.75 Å². The highest BCUT2D eigenvalue weighted by atomic mass is 16.5. The topological polar surface area (TPSA) is 76.6 Å². The number of para-hydroxylation sites is 1. The number of rotatable bonds is 5. The maximum Gasteiger partial charge on any atom is 0.255 e. The maximum absolute atomic E-state index is 12.3. The van der Waals surface area contributed by atoms with Gasteiger partial charge in [-0.05, 0) is 18.2 Å². The van der Waals surface area contributed by atoms with Crippen molar-refractivity contribution in [3.8, 4) is 5.75 Å². The zero-order valence-corrected chi connectivity index (χ0v) is 13.6. The molecule has 0 atom stereocenters. The zero-order valence-electron chi connectivity index (χ0n) is 13.6. The van der Waals surface area contributed by atoms with Crippen molar-refractivity contribution >= 4 is 11.9 Å². The number of ether oxygens (including phenoxy) is 2. The number of hydrogen-bond donors (Lipinski definition) is 1. The largest absolute Gasteiger partial charge is 0.496 e. The number of benzene rings is 1. The number of nitrogens with zero attached hydrogens (tertiary/aromatic N) is 3. The second kappa shape index (κ2) is 7.74. The lowest BCUT2D eigenvalue weighted by Gasteiger charge is -2.26. The Morgan fingerprint density at radius 3 is 2.88 bits per heavy atom. The summed E-state index contributed by atoms with van der Waals surface area (Å²) in [6.07, 6.45) is 1.71. The molecule has 1 saturated heterocycles. The fourth-order valence-electron chi connectivity index (χ4n) is 2.50. The van der Waals surface area contributed by atoms with Crippen LogP contribution in [0, 0.1) is 0 Å². The Morgan fingerprint density at radius 1 is 1.29 bits per heavy atom. The Morgan fingerprint density at radius 2 is 2.08 bits per heavy atom. The van der Waals surface area contributed by atoms with Crippen molar-refractivity contribution in [1.29, 1.82) is 0 Å². The molecule has 0 saturated carbocycles. The van der Waals surface area contributed by atoms with Crippen LogP contribution in [0.1, 0.15) is 16.1 Å². The first-order chi connectivity index (χ1) is 11.8. The molecule has 1 aliphatic rings. The van der Waals surface area contributed by atoms with Gasteiger partial charge in [0.05, 0.1) is 38.1 Å². The molecule has 1 aromatic heterocycles. The molecule has 2 aromatic rings. The van der Waals surface area contributed by atoms with Crippen LogP contribution >= 0.6 is 0 Å². The number of carbonyl (C=O) groups excluding carboxylic acids is 1. The average Bonchev–Trinajstić information content (AvgIpc) is 2.67. The molecular weight excluding hydrogens is 308 g/mol. The molecule has 0 spiro atoms. The van der Waals surface area contributed by atoms with Gasteiger partial charge in [-0.2, -0.15) is 0 Å². The second-order valence-corrected chi connectivity index (χ2v) is 5.33. The Labute approximate surface area is 140 Å². The molecule has 1 fully saturated rings. The van der Waals surface area contributed by atoms with Gasteiger partial charge >= 0.3 is 0 Å². The van der Waals surface area contributed by atoms with Crippen molar-refractivity contribution in [3.63, 3.8) is 0 Å². The highest BCUT2D eigenvalue weighted by Crippen LogP contribution is 2.17. The number of anilines is 1. The van der Waals surface area contributed by atoms with Gasteiger partial charge < -0.3 is 19.7 Å². The van der Waals surface area contributed by atoms with Crippen molar-refractivity contribution in [3.05, 3.63) is 47.8 Å². The molecule has 3 rings (SSSR count). The van der Waals surface area contributed by atoms with Crippen LogP contribution in [0.3, 0.4) is 0 Å². The first-order valence-corrected chi connectivity index (χ1v) is 7.84. The number of carbonyl (C=O) groups is 1. The molecule has 7 nitrogen and oxygen atoms in total. The molecular formula is C17H20N4O3. The molecule has 1 N–H and O–H groups in total. The predicted octanol–water partition coefficient (Wildman–Crippen LogP) is 1.25. The van der Waals surface area contributed by atoms with E-state index in [1.165, 1.54) is 0 Å². The minimum atomic E-state index is -0.195. The van der Waals surface area contributed by atoms with Crippen LogP contribution in [0.25, 0.3) is 0 Å². The summed E-state index contributed by atoms with van der Waals surface area (Å²) in [6, 6.07) is 8.92. The number of hydrogen-bond acceptors (Lipinski definition) is 6. The minimum absolute atomic E-state index is 0.195. The molecule has 1 aliphatic heterocycles. The van der Waals surface area contributed by atoms with Gasteiger partial charge in [-0.15, -0.1) is 0 Å². The molecule has 2 heterocycles. The lowest BCUT2D eigenvalue weighted by Crippen LogP contribution is -2.37. The fraction of sp³-hybridized carbons (Fsp3) is 0.353. The molecule has 24 heavy (non-hydrogen) atoms. The van der Waals surface area contributed by atoms with Crippen molar-refractivity contribution < 1.29 is 14.3 Å². The molecule has 0 aliphatic carbocycles. The van der Waals surface area contributed by atoms with Crippen LogP contribution in [0.2, 0.25) is 0 Å². The lowest BCUT2D eigenvalue weighted by molar-refractivity contribution is 0.0947. The van der Waals surface area contributed by atoms with E-state index in [-0.39, 0.29) is 5.91 Å². The minimum Gasteiger partial charge on any atom is -0.496 e. The van der Waals surface area contributed by atoms with Crippen LogP contribution in [0.4, 0.5) is 5.95 Å². The summed E-state index contributed by atoms with van der Waals surface area (Å²) < 4.78 is 10.5. The monoisotopic (exact) mass is 328 g/mol. The summed E-state index contributed by atoms with van der Waals surface area (Å²) in [6.45, 7) is 3.24. The summed E-state index contributed by atoms with van der Waals surface area (Å²) in [4.78, 5) is 23.2. The van der Waals surface area contributed by atoms with E-state index in [0.717, 1.165) is 18.8 Å². The van der Waals surface area contributed by atoms with E-state index in [1.807, 2.05) is 6.07 Å². The average molecular weight is 328 g/mol. The van der Waals surface area contributed by atoms with Crippen molar-refractivity contribution in [2.24, 2.45) is 0 Å². The number of nitrogens with one attached hydrogen (secondary N) is 1. The normalized spacial score (nSPS) is 14.3. The van der Waals surface area contributed by atoms with E-state index < -0.39 is 0 Å². The van der Waals surface area contributed by atoms with E-state index in [2.05, 4.69) is 20.2 Å². The molecule has 1 amide bonds. The van der Waals surface area contributed by atoms with E-state index in [0.29, 0.717) is 37.0 Å². The first-order valence-electron chi connectivity index (χ1n) is 7.84. The van der Waals surface area contributed by atoms with Gasteiger partial charge in [0.15, 0.2) is 0 Å². The summed E-state index contributed by atoms with van der Waals surface area (Å²) in [5.41, 5.74) is 1.26. The smallest absolute Gasteiger partial charge is 0.255 e. The summed E-state index contributed by atoms with van der Waals surface area (Å²) in [5, 5.41) is 2.87. The third kappa shape index (κ3) is 3.80. The fourth-order valence-corrected chi connectivity index (χ4v) is 2.50. The summed E-state index contributed by atoms with van der Waals surface area (Å²) in [7, 11) is 1.55. The van der Waals surface area contributed by atoms with Gasteiger partial charge in [0.2, 0.25) is 5.95 Å². The van der Waals surface area contributed by atoms with Crippen LogP contribution < -0.4 is 15.0 Å². The highest BCUT2D eigenvalue weighted by molar-refractivity contribution is 5.96. The standard InChI is InChI=1S/C17H20N4O3/c1-23-15-5-3-2-4-14(15)16(22)19-12-13-6-7-18-17(20-13)21-8-10-24-11-9-21/h2-7H,8-12H2,1H3,(H,19,22). The lowest BCUT2D eigenvalue weighted by atomic mass is 10.2. The number of amides is 1. The predicted molar refractivity (Wildman–Crippen MR) is 89.2 cm³/mol. The Bertz CT molecular complexity index is 702. The van der Waals surface area contributed by atoms with Gasteiger partial charge in [0, 0.05) is 19.3 Å². The van der Waals surface area contributed by atoms with E-state index in [4.69, 9.17) is 9.47 Å². The molecule has 1 aromatic carbocycles. The Balaban J connectivity index is 1.65. The number of methoxy groups -OCH3 is 1. The molecule has 126 valence electrons. The van der Waals surface area contributed by atoms with Crippen molar-refractivity contribution in [2.75, 3.05) is 38.3 Å².